The Morgan fingerprint density at radius 1 is 1.38 bits per heavy atom. The monoisotopic (exact) mass is 291 g/mol. The van der Waals surface area contributed by atoms with Crippen molar-refractivity contribution in [2.75, 3.05) is 19.7 Å². The average molecular weight is 291 g/mol. The third-order valence-electron chi connectivity index (χ3n) is 4.96. The van der Waals surface area contributed by atoms with Crippen LogP contribution in [0, 0.1) is 11.2 Å². The molecule has 21 heavy (non-hydrogen) atoms. The summed E-state index contributed by atoms with van der Waals surface area (Å²) in [6, 6.07) is 6.93. The highest BCUT2D eigenvalue weighted by molar-refractivity contribution is 5.73. The summed E-state index contributed by atoms with van der Waals surface area (Å²) in [5.74, 6) is 0.0140. The van der Waals surface area contributed by atoms with Crippen LogP contribution in [0.25, 0.3) is 0 Å². The molecule has 1 unspecified atom stereocenters. The summed E-state index contributed by atoms with van der Waals surface area (Å²) in [7, 11) is 0. The Morgan fingerprint density at radius 2 is 2.10 bits per heavy atom. The zero-order valence-corrected chi connectivity index (χ0v) is 12.5. The lowest BCUT2D eigenvalue weighted by atomic mass is 9.76. The largest absolute Gasteiger partial charge is 0.377 e. The number of hydrogen-bond acceptors (Lipinski definition) is 2. The van der Waals surface area contributed by atoms with E-state index in [4.69, 9.17) is 4.74 Å². The molecule has 1 spiro atoms. The molecule has 1 amide bonds. The Kier molecular flexibility index (Phi) is 3.98. The van der Waals surface area contributed by atoms with Gasteiger partial charge < -0.3 is 9.64 Å². The van der Waals surface area contributed by atoms with Gasteiger partial charge in [0.15, 0.2) is 0 Å². The predicted octanol–water partition coefficient (Wildman–Crippen LogP) is 2.79. The SMILES string of the molecule is CC(=O)N1CCC2(CC1)COC(Cc1ccccc1F)C2. The van der Waals surface area contributed by atoms with Gasteiger partial charge >= 0.3 is 0 Å². The van der Waals surface area contributed by atoms with Crippen molar-refractivity contribution >= 4 is 5.91 Å². The summed E-state index contributed by atoms with van der Waals surface area (Å²) in [5.41, 5.74) is 0.933. The first kappa shape index (κ1) is 14.5. The maximum Gasteiger partial charge on any atom is 0.219 e. The second-order valence-electron chi connectivity index (χ2n) is 6.44. The summed E-state index contributed by atoms with van der Waals surface area (Å²) >= 11 is 0. The summed E-state index contributed by atoms with van der Waals surface area (Å²) in [4.78, 5) is 13.3. The normalized spacial score (nSPS) is 24.5. The minimum Gasteiger partial charge on any atom is -0.377 e. The van der Waals surface area contributed by atoms with Crippen molar-refractivity contribution in [3.05, 3.63) is 35.6 Å². The number of piperidine rings is 1. The van der Waals surface area contributed by atoms with Gasteiger partial charge in [0.25, 0.3) is 0 Å². The lowest BCUT2D eigenvalue weighted by Gasteiger charge is -2.38. The van der Waals surface area contributed by atoms with Gasteiger partial charge in [-0.25, -0.2) is 4.39 Å². The molecule has 1 aromatic rings. The van der Waals surface area contributed by atoms with E-state index in [1.807, 2.05) is 17.0 Å². The Bertz CT molecular complexity index is 523. The number of carbonyl (C=O) groups excluding carboxylic acids is 1. The van der Waals surface area contributed by atoms with Crippen molar-refractivity contribution in [3.8, 4) is 0 Å². The van der Waals surface area contributed by atoms with Crippen LogP contribution in [0.15, 0.2) is 24.3 Å². The Balaban J connectivity index is 1.59. The third kappa shape index (κ3) is 3.10. The molecule has 0 aromatic heterocycles. The van der Waals surface area contributed by atoms with Gasteiger partial charge in [0, 0.05) is 26.4 Å². The van der Waals surface area contributed by atoms with Gasteiger partial charge in [-0.2, -0.15) is 0 Å². The number of hydrogen-bond donors (Lipinski definition) is 0. The third-order valence-corrected chi connectivity index (χ3v) is 4.96. The molecule has 0 radical (unpaired) electrons. The molecule has 114 valence electrons. The highest BCUT2D eigenvalue weighted by Crippen LogP contribution is 2.42. The molecular weight excluding hydrogens is 269 g/mol. The standard InChI is InChI=1S/C17H22FNO2/c1-13(20)19-8-6-17(7-9-19)11-15(21-12-17)10-14-4-2-3-5-16(14)18/h2-5,15H,6-12H2,1H3. The molecule has 4 heteroatoms. The van der Waals surface area contributed by atoms with Gasteiger partial charge in [0.1, 0.15) is 5.82 Å². The molecule has 2 heterocycles. The molecule has 0 N–H and O–H groups in total. The maximum atomic E-state index is 13.7. The van der Waals surface area contributed by atoms with E-state index >= 15 is 0 Å². The van der Waals surface area contributed by atoms with Crippen molar-refractivity contribution in [2.24, 2.45) is 5.41 Å². The molecular formula is C17H22FNO2. The minimum atomic E-state index is -0.145. The quantitative estimate of drug-likeness (QED) is 0.838. The maximum absolute atomic E-state index is 13.7. The molecule has 2 fully saturated rings. The van der Waals surface area contributed by atoms with Crippen LogP contribution >= 0.6 is 0 Å². The fourth-order valence-corrected chi connectivity index (χ4v) is 3.58. The van der Waals surface area contributed by atoms with Crippen molar-refractivity contribution in [3.63, 3.8) is 0 Å². The Morgan fingerprint density at radius 3 is 2.76 bits per heavy atom. The van der Waals surface area contributed by atoms with Gasteiger partial charge in [-0.1, -0.05) is 18.2 Å². The Labute approximate surface area is 125 Å². The number of ether oxygens (including phenoxy) is 1. The highest BCUT2D eigenvalue weighted by Gasteiger charge is 2.42. The number of carbonyl (C=O) groups is 1. The van der Waals surface area contributed by atoms with Gasteiger partial charge in [-0.05, 0) is 36.3 Å². The van der Waals surface area contributed by atoms with E-state index in [2.05, 4.69) is 0 Å². The van der Waals surface area contributed by atoms with E-state index in [1.165, 1.54) is 6.07 Å². The smallest absolute Gasteiger partial charge is 0.219 e. The lowest BCUT2D eigenvalue weighted by Crippen LogP contribution is -2.42. The van der Waals surface area contributed by atoms with Crippen LogP contribution < -0.4 is 0 Å². The summed E-state index contributed by atoms with van der Waals surface area (Å²) in [6.07, 6.45) is 3.73. The van der Waals surface area contributed by atoms with E-state index in [0.717, 1.165) is 44.5 Å². The van der Waals surface area contributed by atoms with E-state index in [-0.39, 0.29) is 23.2 Å². The number of halogens is 1. The fourth-order valence-electron chi connectivity index (χ4n) is 3.58. The van der Waals surface area contributed by atoms with Crippen molar-refractivity contribution < 1.29 is 13.9 Å². The van der Waals surface area contributed by atoms with Crippen LogP contribution in [0.5, 0.6) is 0 Å². The van der Waals surface area contributed by atoms with Crippen LogP contribution in [0.2, 0.25) is 0 Å². The molecule has 3 nitrogen and oxygen atoms in total. The topological polar surface area (TPSA) is 29.5 Å². The summed E-state index contributed by atoms with van der Waals surface area (Å²) < 4.78 is 19.6. The van der Waals surface area contributed by atoms with Gasteiger partial charge in [-0.15, -0.1) is 0 Å². The Hall–Kier alpha value is -1.42. The molecule has 0 saturated carbocycles. The highest BCUT2D eigenvalue weighted by atomic mass is 19.1. The number of amides is 1. The van der Waals surface area contributed by atoms with E-state index in [9.17, 15) is 9.18 Å². The van der Waals surface area contributed by atoms with Gasteiger partial charge in [0.2, 0.25) is 5.91 Å². The zero-order valence-electron chi connectivity index (χ0n) is 12.5. The molecule has 1 aromatic carbocycles. The second-order valence-corrected chi connectivity index (χ2v) is 6.44. The summed E-state index contributed by atoms with van der Waals surface area (Å²) in [5, 5.41) is 0. The average Bonchev–Trinajstić information content (AvgIpc) is 2.85. The first-order valence-corrected chi connectivity index (χ1v) is 7.69. The molecule has 1 atom stereocenters. The van der Waals surface area contributed by atoms with Crippen molar-refractivity contribution in [2.45, 2.75) is 38.7 Å². The zero-order chi connectivity index (χ0) is 14.9. The van der Waals surface area contributed by atoms with Gasteiger partial charge in [-0.3, -0.25) is 4.79 Å². The molecule has 2 aliphatic heterocycles. The van der Waals surface area contributed by atoms with Crippen molar-refractivity contribution in [1.82, 2.24) is 4.90 Å². The number of likely N-dealkylation sites (tertiary alicyclic amines) is 1. The van der Waals surface area contributed by atoms with E-state index in [1.54, 1.807) is 13.0 Å². The van der Waals surface area contributed by atoms with Crippen LogP contribution in [0.3, 0.4) is 0 Å². The van der Waals surface area contributed by atoms with Crippen LogP contribution in [-0.4, -0.2) is 36.6 Å². The molecule has 3 rings (SSSR count). The summed E-state index contributed by atoms with van der Waals surface area (Å²) in [6.45, 7) is 4.03. The van der Waals surface area contributed by atoms with Crippen LogP contribution in [-0.2, 0) is 16.0 Å². The molecule has 2 saturated heterocycles. The minimum absolute atomic E-state index is 0.103. The predicted molar refractivity (Wildman–Crippen MR) is 78.4 cm³/mol. The number of rotatable bonds is 2. The number of nitrogens with zero attached hydrogens (tertiary/aromatic N) is 1. The molecule has 0 bridgehead atoms. The van der Waals surface area contributed by atoms with Crippen LogP contribution in [0.1, 0.15) is 31.7 Å². The first-order valence-electron chi connectivity index (χ1n) is 7.69. The first-order chi connectivity index (χ1) is 10.1. The fraction of sp³-hybridized carbons (Fsp3) is 0.588. The number of benzene rings is 1. The molecule has 0 aliphatic carbocycles. The lowest BCUT2D eigenvalue weighted by molar-refractivity contribution is -0.131. The van der Waals surface area contributed by atoms with E-state index in [0.29, 0.717) is 6.42 Å². The molecule has 2 aliphatic rings. The van der Waals surface area contributed by atoms with Crippen LogP contribution in [0.4, 0.5) is 4.39 Å². The second kappa shape index (κ2) is 5.76. The van der Waals surface area contributed by atoms with Crippen molar-refractivity contribution in [1.29, 1.82) is 0 Å². The van der Waals surface area contributed by atoms with E-state index < -0.39 is 0 Å². The van der Waals surface area contributed by atoms with Gasteiger partial charge in [0.05, 0.1) is 12.7 Å².